The lowest BCUT2D eigenvalue weighted by Crippen LogP contribution is -2.47. The molecule has 1 spiro atoms. The zero-order valence-electron chi connectivity index (χ0n) is 6.22. The van der Waals surface area contributed by atoms with Gasteiger partial charge in [0.15, 0.2) is 0 Å². The largest absolute Gasteiger partial charge is 0.375 e. The summed E-state index contributed by atoms with van der Waals surface area (Å²) < 4.78 is 5.49. The molecule has 1 unspecified atom stereocenters. The molecule has 1 N–H and O–H groups in total. The van der Waals surface area contributed by atoms with E-state index in [0.717, 1.165) is 13.2 Å². The van der Waals surface area contributed by atoms with Gasteiger partial charge in [-0.1, -0.05) is 0 Å². The molecule has 10 heavy (non-hydrogen) atoms. The van der Waals surface area contributed by atoms with Crippen LogP contribution in [0.15, 0.2) is 0 Å². The summed E-state index contributed by atoms with van der Waals surface area (Å²) in [7, 11) is 0. The van der Waals surface area contributed by atoms with Crippen molar-refractivity contribution in [1.82, 2.24) is 5.32 Å². The van der Waals surface area contributed by atoms with E-state index in [1.807, 2.05) is 0 Å². The van der Waals surface area contributed by atoms with E-state index in [0.29, 0.717) is 11.6 Å². The fourth-order valence-electron chi connectivity index (χ4n) is 1.24. The standard InChI is InChI=1S/C7H13NO.ClH/c1-6-4-8-7(2-3-7)5-9-6;/h6,8H,2-5H2,1H3;1H. The summed E-state index contributed by atoms with van der Waals surface area (Å²) in [6.07, 6.45) is 3.07. The lowest BCUT2D eigenvalue weighted by atomic mass is 10.2. The topological polar surface area (TPSA) is 21.3 Å². The van der Waals surface area contributed by atoms with E-state index in [1.165, 1.54) is 12.8 Å². The number of hydrogen-bond acceptors (Lipinski definition) is 2. The highest BCUT2D eigenvalue weighted by atomic mass is 35.5. The molecular formula is C7H14ClNO. The quantitative estimate of drug-likeness (QED) is 0.574. The molecule has 1 aliphatic carbocycles. The molecule has 2 rings (SSSR count). The van der Waals surface area contributed by atoms with Crippen LogP contribution in [0.5, 0.6) is 0 Å². The molecule has 2 aliphatic rings. The molecular weight excluding hydrogens is 150 g/mol. The van der Waals surface area contributed by atoms with Crippen molar-refractivity contribution >= 4 is 12.4 Å². The van der Waals surface area contributed by atoms with E-state index in [1.54, 1.807) is 0 Å². The van der Waals surface area contributed by atoms with Gasteiger partial charge in [0.2, 0.25) is 0 Å². The summed E-state index contributed by atoms with van der Waals surface area (Å²) >= 11 is 0. The number of nitrogens with one attached hydrogen (secondary N) is 1. The normalized spacial score (nSPS) is 35.1. The van der Waals surface area contributed by atoms with Crippen molar-refractivity contribution in [3.63, 3.8) is 0 Å². The van der Waals surface area contributed by atoms with E-state index >= 15 is 0 Å². The first kappa shape index (κ1) is 8.31. The fourth-order valence-corrected chi connectivity index (χ4v) is 1.24. The summed E-state index contributed by atoms with van der Waals surface area (Å²) in [6.45, 7) is 4.09. The van der Waals surface area contributed by atoms with E-state index in [4.69, 9.17) is 4.74 Å². The Morgan fingerprint density at radius 3 is 2.60 bits per heavy atom. The van der Waals surface area contributed by atoms with E-state index in [2.05, 4.69) is 12.2 Å². The van der Waals surface area contributed by atoms with Gasteiger partial charge in [-0.2, -0.15) is 0 Å². The second-order valence-electron chi connectivity index (χ2n) is 3.28. The van der Waals surface area contributed by atoms with Crippen LogP contribution in [-0.2, 0) is 4.74 Å². The molecule has 2 nitrogen and oxygen atoms in total. The number of morpholine rings is 1. The zero-order valence-corrected chi connectivity index (χ0v) is 7.04. The lowest BCUT2D eigenvalue weighted by molar-refractivity contribution is 0.00795. The maximum Gasteiger partial charge on any atom is 0.0672 e. The second kappa shape index (κ2) is 2.68. The Morgan fingerprint density at radius 2 is 2.20 bits per heavy atom. The fraction of sp³-hybridized carbons (Fsp3) is 1.00. The first-order valence-electron chi connectivity index (χ1n) is 3.67. The maximum absolute atomic E-state index is 5.49. The van der Waals surface area contributed by atoms with E-state index in [-0.39, 0.29) is 12.4 Å². The third-order valence-electron chi connectivity index (χ3n) is 2.26. The minimum absolute atomic E-state index is 0. The Hall–Kier alpha value is 0.210. The summed E-state index contributed by atoms with van der Waals surface area (Å²) in [6, 6.07) is 0. The number of ether oxygens (including phenoxy) is 1. The molecule has 0 aromatic rings. The molecule has 1 heterocycles. The van der Waals surface area contributed by atoms with Crippen LogP contribution in [0.4, 0.5) is 0 Å². The molecule has 1 saturated heterocycles. The van der Waals surface area contributed by atoms with Crippen LogP contribution >= 0.6 is 12.4 Å². The molecule has 0 aromatic carbocycles. The average molecular weight is 164 g/mol. The van der Waals surface area contributed by atoms with Gasteiger partial charge in [-0.3, -0.25) is 0 Å². The molecule has 0 radical (unpaired) electrons. The van der Waals surface area contributed by atoms with Crippen LogP contribution in [0.1, 0.15) is 19.8 Å². The molecule has 60 valence electrons. The third-order valence-corrected chi connectivity index (χ3v) is 2.26. The first-order valence-corrected chi connectivity index (χ1v) is 3.67. The molecule has 0 bridgehead atoms. The van der Waals surface area contributed by atoms with Crippen molar-refractivity contribution in [1.29, 1.82) is 0 Å². The Bertz CT molecular complexity index is 115. The Balaban J connectivity index is 0.000000500. The summed E-state index contributed by atoms with van der Waals surface area (Å²) in [5.74, 6) is 0. The van der Waals surface area contributed by atoms with Crippen LogP contribution in [-0.4, -0.2) is 24.8 Å². The Kier molecular flexibility index (Phi) is 2.23. The Morgan fingerprint density at radius 1 is 1.50 bits per heavy atom. The van der Waals surface area contributed by atoms with Crippen molar-refractivity contribution < 1.29 is 4.74 Å². The summed E-state index contributed by atoms with van der Waals surface area (Å²) in [5.41, 5.74) is 0.437. The maximum atomic E-state index is 5.49. The Labute approximate surface area is 67.7 Å². The highest BCUT2D eigenvalue weighted by Crippen LogP contribution is 2.37. The van der Waals surface area contributed by atoms with Crippen LogP contribution in [0.2, 0.25) is 0 Å². The number of rotatable bonds is 0. The molecule has 0 amide bonds. The van der Waals surface area contributed by atoms with Gasteiger partial charge < -0.3 is 10.1 Å². The zero-order chi connectivity index (χ0) is 6.32. The highest BCUT2D eigenvalue weighted by Gasteiger charge is 2.44. The van der Waals surface area contributed by atoms with Crippen LogP contribution in [0.3, 0.4) is 0 Å². The van der Waals surface area contributed by atoms with Gasteiger partial charge in [0.25, 0.3) is 0 Å². The third kappa shape index (κ3) is 1.44. The minimum atomic E-state index is 0. The predicted octanol–water partition coefficient (Wildman–Crippen LogP) is 0.949. The van der Waals surface area contributed by atoms with Gasteiger partial charge in [-0.15, -0.1) is 12.4 Å². The first-order chi connectivity index (χ1) is 4.31. The predicted molar refractivity (Wildman–Crippen MR) is 42.6 cm³/mol. The molecule has 2 fully saturated rings. The van der Waals surface area contributed by atoms with Crippen molar-refractivity contribution in [3.05, 3.63) is 0 Å². The summed E-state index contributed by atoms with van der Waals surface area (Å²) in [4.78, 5) is 0. The van der Waals surface area contributed by atoms with Gasteiger partial charge >= 0.3 is 0 Å². The van der Waals surface area contributed by atoms with Crippen molar-refractivity contribution in [2.75, 3.05) is 13.2 Å². The summed E-state index contributed by atoms with van der Waals surface area (Å²) in [5, 5.41) is 3.49. The monoisotopic (exact) mass is 163 g/mol. The van der Waals surface area contributed by atoms with Gasteiger partial charge in [-0.25, -0.2) is 0 Å². The average Bonchev–Trinajstić information content (AvgIpc) is 2.60. The minimum Gasteiger partial charge on any atom is -0.375 e. The highest BCUT2D eigenvalue weighted by molar-refractivity contribution is 5.85. The van der Waals surface area contributed by atoms with Crippen LogP contribution < -0.4 is 5.32 Å². The smallest absolute Gasteiger partial charge is 0.0672 e. The molecule has 1 saturated carbocycles. The van der Waals surface area contributed by atoms with Gasteiger partial charge in [0.1, 0.15) is 0 Å². The molecule has 3 heteroatoms. The molecule has 1 atom stereocenters. The van der Waals surface area contributed by atoms with Gasteiger partial charge in [-0.05, 0) is 19.8 Å². The molecule has 0 aromatic heterocycles. The van der Waals surface area contributed by atoms with E-state index in [9.17, 15) is 0 Å². The van der Waals surface area contributed by atoms with Crippen molar-refractivity contribution in [2.45, 2.75) is 31.4 Å². The van der Waals surface area contributed by atoms with Gasteiger partial charge in [0, 0.05) is 12.1 Å². The molecule has 1 aliphatic heterocycles. The number of hydrogen-bond donors (Lipinski definition) is 1. The van der Waals surface area contributed by atoms with E-state index < -0.39 is 0 Å². The van der Waals surface area contributed by atoms with Crippen molar-refractivity contribution in [3.8, 4) is 0 Å². The second-order valence-corrected chi connectivity index (χ2v) is 3.28. The van der Waals surface area contributed by atoms with Crippen LogP contribution in [0, 0.1) is 0 Å². The van der Waals surface area contributed by atoms with Gasteiger partial charge in [0.05, 0.1) is 12.7 Å². The SMILES string of the molecule is CC1CNC2(CC2)CO1.Cl. The van der Waals surface area contributed by atoms with Crippen molar-refractivity contribution in [2.24, 2.45) is 0 Å². The number of halogens is 1. The van der Waals surface area contributed by atoms with Crippen LogP contribution in [0.25, 0.3) is 0 Å². The lowest BCUT2D eigenvalue weighted by Gasteiger charge is -2.27.